The van der Waals surface area contributed by atoms with Crippen molar-refractivity contribution in [1.82, 2.24) is 4.57 Å². The Morgan fingerprint density at radius 3 is 2.70 bits per heavy atom. The molecule has 202 valence electrons. The predicted octanol–water partition coefficient (Wildman–Crippen LogP) is 3.70. The first-order valence-electron chi connectivity index (χ1n) is 12.3. The van der Waals surface area contributed by atoms with E-state index in [1.807, 2.05) is 0 Å². The number of nitro groups is 1. The number of nitrogens with zero attached hydrogens (tertiary/aromatic N) is 3. The van der Waals surface area contributed by atoms with Crippen LogP contribution in [-0.4, -0.2) is 28.9 Å². The van der Waals surface area contributed by atoms with Crippen LogP contribution in [0.1, 0.15) is 31.2 Å². The SMILES string of the molecule is CCOC(=O)C1=C(C)N=c2sc(=Cc3ccc(-c4ccc([N+](=O)[O-])cc4)o3)c(=O)n2C1c1ccc2c(c1)OCO2. The molecule has 0 amide bonds. The van der Waals surface area contributed by atoms with Gasteiger partial charge in [-0.1, -0.05) is 17.4 Å². The fourth-order valence-corrected chi connectivity index (χ4v) is 5.68. The van der Waals surface area contributed by atoms with Gasteiger partial charge in [-0.15, -0.1) is 0 Å². The summed E-state index contributed by atoms with van der Waals surface area (Å²) in [6, 6.07) is 13.9. The number of rotatable bonds is 6. The van der Waals surface area contributed by atoms with Gasteiger partial charge in [0.1, 0.15) is 11.5 Å². The molecule has 12 heteroatoms. The van der Waals surface area contributed by atoms with Crippen molar-refractivity contribution in [2.24, 2.45) is 4.99 Å². The summed E-state index contributed by atoms with van der Waals surface area (Å²) in [7, 11) is 0. The molecule has 0 saturated heterocycles. The summed E-state index contributed by atoms with van der Waals surface area (Å²) in [6.45, 7) is 3.69. The quantitative estimate of drug-likeness (QED) is 0.198. The maximum Gasteiger partial charge on any atom is 0.338 e. The molecule has 4 heterocycles. The minimum Gasteiger partial charge on any atom is -0.463 e. The number of fused-ring (bicyclic) bond motifs is 2. The van der Waals surface area contributed by atoms with Gasteiger partial charge in [0.2, 0.25) is 6.79 Å². The van der Waals surface area contributed by atoms with Gasteiger partial charge < -0.3 is 18.6 Å². The average Bonchev–Trinajstić information content (AvgIpc) is 3.67. The van der Waals surface area contributed by atoms with E-state index in [9.17, 15) is 19.7 Å². The zero-order chi connectivity index (χ0) is 28.0. The van der Waals surface area contributed by atoms with Crippen LogP contribution in [0.25, 0.3) is 17.4 Å². The number of nitro benzene ring substituents is 1. The minimum absolute atomic E-state index is 0.0221. The van der Waals surface area contributed by atoms with Gasteiger partial charge in [0.15, 0.2) is 16.3 Å². The highest BCUT2D eigenvalue weighted by Crippen LogP contribution is 2.38. The maximum atomic E-state index is 13.8. The standard InChI is InChI=1S/C28H21N3O8S/c1-3-36-27(33)24-15(2)29-28-30(25(24)17-6-10-21-22(12-17)38-14-37-21)26(32)23(40-28)13-19-9-11-20(39-19)16-4-7-18(8-5-16)31(34)35/h4-13,25H,3,14H2,1-2H3. The Hall–Kier alpha value is -4.97. The molecule has 0 saturated carbocycles. The van der Waals surface area contributed by atoms with Gasteiger partial charge in [-0.2, -0.15) is 0 Å². The number of ether oxygens (including phenoxy) is 3. The van der Waals surface area contributed by atoms with Crippen LogP contribution in [0.2, 0.25) is 0 Å². The number of esters is 1. The second-order valence-electron chi connectivity index (χ2n) is 8.92. The minimum atomic E-state index is -0.792. The fraction of sp³-hybridized carbons (Fsp3) is 0.179. The number of hydrogen-bond donors (Lipinski definition) is 0. The van der Waals surface area contributed by atoms with Gasteiger partial charge >= 0.3 is 5.97 Å². The molecule has 6 rings (SSSR count). The van der Waals surface area contributed by atoms with E-state index < -0.39 is 16.9 Å². The van der Waals surface area contributed by atoms with Crippen LogP contribution in [0.15, 0.2) is 80.1 Å². The summed E-state index contributed by atoms with van der Waals surface area (Å²) < 4.78 is 24.1. The molecule has 2 aliphatic heterocycles. The molecule has 1 unspecified atom stereocenters. The molecular formula is C28H21N3O8S. The number of carbonyl (C=O) groups is 1. The first kappa shape index (κ1) is 25.3. The van der Waals surface area contributed by atoms with Gasteiger partial charge in [0.05, 0.1) is 33.4 Å². The lowest BCUT2D eigenvalue weighted by atomic mass is 9.95. The number of furan rings is 1. The zero-order valence-electron chi connectivity index (χ0n) is 21.3. The molecule has 0 spiro atoms. The predicted molar refractivity (Wildman–Crippen MR) is 144 cm³/mol. The Bertz CT molecular complexity index is 1880. The monoisotopic (exact) mass is 559 g/mol. The molecule has 11 nitrogen and oxygen atoms in total. The Balaban J connectivity index is 1.44. The summed E-state index contributed by atoms with van der Waals surface area (Å²) >= 11 is 1.17. The average molecular weight is 560 g/mol. The number of hydrogen-bond acceptors (Lipinski definition) is 10. The van der Waals surface area contributed by atoms with E-state index >= 15 is 0 Å². The van der Waals surface area contributed by atoms with Crippen LogP contribution in [0.5, 0.6) is 11.5 Å². The Kier molecular flexibility index (Phi) is 6.31. The van der Waals surface area contributed by atoms with Crippen LogP contribution in [0, 0.1) is 10.1 Å². The summed E-state index contributed by atoms with van der Waals surface area (Å²) in [5.74, 6) is 1.45. The van der Waals surface area contributed by atoms with Crippen LogP contribution < -0.4 is 24.4 Å². The van der Waals surface area contributed by atoms with Crippen molar-refractivity contribution < 1.29 is 28.3 Å². The lowest BCUT2D eigenvalue weighted by molar-refractivity contribution is -0.384. The van der Waals surface area contributed by atoms with Gasteiger partial charge in [-0.05, 0) is 55.8 Å². The highest BCUT2D eigenvalue weighted by Gasteiger charge is 2.34. The summed E-state index contributed by atoms with van der Waals surface area (Å²) in [4.78, 5) is 42.3. The highest BCUT2D eigenvalue weighted by molar-refractivity contribution is 7.07. The molecule has 4 aromatic rings. The molecular weight excluding hydrogens is 538 g/mol. The lowest BCUT2D eigenvalue weighted by Gasteiger charge is -2.24. The molecule has 0 bridgehead atoms. The Labute approximate surface area is 230 Å². The zero-order valence-corrected chi connectivity index (χ0v) is 22.1. The molecule has 2 aliphatic rings. The van der Waals surface area contributed by atoms with E-state index in [2.05, 4.69) is 4.99 Å². The van der Waals surface area contributed by atoms with Crippen molar-refractivity contribution in [1.29, 1.82) is 0 Å². The normalized spacial score (nSPS) is 16.1. The summed E-state index contributed by atoms with van der Waals surface area (Å²) in [5, 5.41) is 10.9. The van der Waals surface area contributed by atoms with E-state index in [-0.39, 0.29) is 30.2 Å². The third kappa shape index (κ3) is 4.37. The van der Waals surface area contributed by atoms with Crippen LogP contribution in [0.4, 0.5) is 5.69 Å². The second-order valence-corrected chi connectivity index (χ2v) is 9.93. The first-order valence-corrected chi connectivity index (χ1v) is 13.1. The molecule has 40 heavy (non-hydrogen) atoms. The second kappa shape index (κ2) is 9.97. The lowest BCUT2D eigenvalue weighted by Crippen LogP contribution is -2.39. The van der Waals surface area contributed by atoms with Gasteiger partial charge in [-0.3, -0.25) is 19.5 Å². The highest BCUT2D eigenvalue weighted by atomic mass is 32.1. The maximum absolute atomic E-state index is 13.8. The molecule has 0 radical (unpaired) electrons. The third-order valence-electron chi connectivity index (χ3n) is 6.49. The van der Waals surface area contributed by atoms with Crippen LogP contribution in [-0.2, 0) is 9.53 Å². The number of thiazole rings is 1. The summed E-state index contributed by atoms with van der Waals surface area (Å²) in [6.07, 6.45) is 1.61. The van der Waals surface area contributed by atoms with E-state index in [1.54, 1.807) is 62.4 Å². The fourth-order valence-electron chi connectivity index (χ4n) is 4.65. The van der Waals surface area contributed by atoms with Crippen molar-refractivity contribution in [3.8, 4) is 22.8 Å². The third-order valence-corrected chi connectivity index (χ3v) is 7.48. The molecule has 0 fully saturated rings. The largest absolute Gasteiger partial charge is 0.463 e. The van der Waals surface area contributed by atoms with Crippen LogP contribution >= 0.6 is 11.3 Å². The van der Waals surface area contributed by atoms with Crippen molar-refractivity contribution in [3.63, 3.8) is 0 Å². The van der Waals surface area contributed by atoms with Gasteiger partial charge in [0.25, 0.3) is 11.2 Å². The van der Waals surface area contributed by atoms with Crippen molar-refractivity contribution in [2.75, 3.05) is 13.4 Å². The molecule has 1 atom stereocenters. The van der Waals surface area contributed by atoms with Crippen molar-refractivity contribution >= 4 is 29.1 Å². The van der Waals surface area contributed by atoms with E-state index in [4.69, 9.17) is 18.6 Å². The smallest absolute Gasteiger partial charge is 0.338 e. The first-order chi connectivity index (χ1) is 19.3. The molecule has 2 aromatic heterocycles. The summed E-state index contributed by atoms with van der Waals surface area (Å²) in [5.41, 5.74) is 1.64. The Morgan fingerprint density at radius 1 is 1.18 bits per heavy atom. The topological polar surface area (TPSA) is 135 Å². The molecule has 0 N–H and O–H groups in total. The Morgan fingerprint density at radius 2 is 1.95 bits per heavy atom. The number of allylic oxidation sites excluding steroid dienone is 1. The number of non-ortho nitro benzene ring substituents is 1. The van der Waals surface area contributed by atoms with E-state index in [0.717, 1.165) is 0 Å². The van der Waals surface area contributed by atoms with E-state index in [1.165, 1.54) is 28.0 Å². The molecule has 0 aliphatic carbocycles. The number of carbonyl (C=O) groups excluding carboxylic acids is 1. The number of benzene rings is 2. The van der Waals surface area contributed by atoms with Crippen molar-refractivity contribution in [3.05, 3.63) is 107 Å². The van der Waals surface area contributed by atoms with Crippen LogP contribution in [0.3, 0.4) is 0 Å². The molecule has 2 aromatic carbocycles. The van der Waals surface area contributed by atoms with Gasteiger partial charge in [-0.25, -0.2) is 9.79 Å². The van der Waals surface area contributed by atoms with E-state index in [0.29, 0.717) is 49.2 Å². The number of aromatic nitrogens is 1. The van der Waals surface area contributed by atoms with Gasteiger partial charge in [0, 0.05) is 23.8 Å². The van der Waals surface area contributed by atoms with Crippen molar-refractivity contribution in [2.45, 2.75) is 19.9 Å².